The van der Waals surface area contributed by atoms with Crippen molar-refractivity contribution in [3.63, 3.8) is 0 Å². The van der Waals surface area contributed by atoms with Crippen LogP contribution in [0.5, 0.6) is 5.75 Å². The van der Waals surface area contributed by atoms with Crippen molar-refractivity contribution in [2.24, 2.45) is 0 Å². The van der Waals surface area contributed by atoms with Crippen LogP contribution < -0.4 is 4.74 Å². The van der Waals surface area contributed by atoms with Gasteiger partial charge in [-0.1, -0.05) is 0 Å². The van der Waals surface area contributed by atoms with E-state index in [9.17, 15) is 8.78 Å². The molecule has 0 spiro atoms. The van der Waals surface area contributed by atoms with Gasteiger partial charge in [0.1, 0.15) is 17.3 Å². The fourth-order valence-electron chi connectivity index (χ4n) is 2.78. The number of hydrogen-bond donors (Lipinski definition) is 1. The smallest absolute Gasteiger partial charge is 0.181 e. The van der Waals surface area contributed by atoms with E-state index >= 15 is 0 Å². The lowest BCUT2D eigenvalue weighted by molar-refractivity contribution is 0.386. The largest absolute Gasteiger partial charge is 0.493 e. The summed E-state index contributed by atoms with van der Waals surface area (Å²) in [7, 11) is 1.33. The Bertz CT molecular complexity index is 1090. The van der Waals surface area contributed by atoms with Crippen molar-refractivity contribution in [2.45, 2.75) is 6.92 Å². The van der Waals surface area contributed by atoms with Crippen molar-refractivity contribution < 1.29 is 17.9 Å². The number of rotatable bonds is 3. The molecule has 0 aliphatic heterocycles. The molecule has 3 aromatic heterocycles. The Kier molecular flexibility index (Phi) is 3.49. The van der Waals surface area contributed by atoms with Gasteiger partial charge in [-0.3, -0.25) is 5.10 Å². The molecule has 4 rings (SSSR count). The van der Waals surface area contributed by atoms with Crippen LogP contribution >= 0.6 is 0 Å². The second-order valence-corrected chi connectivity index (χ2v) is 5.57. The van der Waals surface area contributed by atoms with Gasteiger partial charge >= 0.3 is 0 Å². The van der Waals surface area contributed by atoms with E-state index in [1.54, 1.807) is 6.20 Å². The third-order valence-corrected chi connectivity index (χ3v) is 3.92. The number of pyridine rings is 1. The summed E-state index contributed by atoms with van der Waals surface area (Å²) < 4.78 is 38.4. The Labute approximate surface area is 141 Å². The normalized spacial score (nSPS) is 11.2. The summed E-state index contributed by atoms with van der Waals surface area (Å²) in [6.45, 7) is 1.85. The third-order valence-electron chi connectivity index (χ3n) is 3.92. The fourth-order valence-corrected chi connectivity index (χ4v) is 2.78. The Morgan fingerprint density at radius 3 is 2.72 bits per heavy atom. The Morgan fingerprint density at radius 2 is 2.00 bits per heavy atom. The number of aromatic amines is 1. The second-order valence-electron chi connectivity index (χ2n) is 5.57. The van der Waals surface area contributed by atoms with E-state index in [1.165, 1.54) is 13.2 Å². The van der Waals surface area contributed by atoms with Crippen molar-refractivity contribution >= 4 is 11.0 Å². The zero-order chi connectivity index (χ0) is 17.6. The predicted octanol–water partition coefficient (Wildman–Crippen LogP) is 4.48. The minimum Gasteiger partial charge on any atom is -0.493 e. The van der Waals surface area contributed by atoms with Gasteiger partial charge in [0.15, 0.2) is 17.2 Å². The molecule has 4 aromatic rings. The minimum absolute atomic E-state index is 0.0637. The molecule has 7 heteroatoms. The van der Waals surface area contributed by atoms with E-state index in [4.69, 9.17) is 9.15 Å². The van der Waals surface area contributed by atoms with Crippen LogP contribution in [0, 0.1) is 18.6 Å². The summed E-state index contributed by atoms with van der Waals surface area (Å²) in [5.41, 5.74) is 1.81. The third kappa shape index (κ3) is 2.53. The Balaban J connectivity index is 1.94. The SMILES string of the molecule is COc1c(F)cc(F)cc1-c1[nH]nc2ncc(-c3ccc(C)o3)cc12. The molecule has 1 aromatic carbocycles. The average Bonchev–Trinajstić information content (AvgIpc) is 3.19. The highest BCUT2D eigenvalue weighted by molar-refractivity contribution is 5.94. The Hall–Kier alpha value is -3.22. The molecule has 1 N–H and O–H groups in total. The maximum Gasteiger partial charge on any atom is 0.181 e. The number of benzene rings is 1. The van der Waals surface area contributed by atoms with E-state index in [2.05, 4.69) is 15.2 Å². The molecule has 0 bridgehead atoms. The van der Waals surface area contributed by atoms with Gasteiger partial charge in [-0.25, -0.2) is 13.8 Å². The number of H-pyrrole nitrogens is 1. The minimum atomic E-state index is -0.786. The molecule has 25 heavy (non-hydrogen) atoms. The van der Waals surface area contributed by atoms with Gasteiger partial charge in [0.2, 0.25) is 0 Å². The molecule has 0 fully saturated rings. The number of hydrogen-bond acceptors (Lipinski definition) is 4. The van der Waals surface area contributed by atoms with Crippen LogP contribution in [0.15, 0.2) is 40.9 Å². The number of nitrogens with zero attached hydrogens (tertiary/aromatic N) is 2. The van der Waals surface area contributed by atoms with E-state index in [0.29, 0.717) is 22.5 Å². The number of furan rings is 1. The van der Waals surface area contributed by atoms with Crippen LogP contribution in [0.2, 0.25) is 0 Å². The molecule has 3 heterocycles. The van der Waals surface area contributed by atoms with Crippen LogP contribution in [0.4, 0.5) is 8.78 Å². The number of ether oxygens (including phenoxy) is 1. The van der Waals surface area contributed by atoms with E-state index in [-0.39, 0.29) is 11.3 Å². The lowest BCUT2D eigenvalue weighted by atomic mass is 10.1. The number of fused-ring (bicyclic) bond motifs is 1. The average molecular weight is 341 g/mol. The summed E-state index contributed by atoms with van der Waals surface area (Å²) in [6.07, 6.45) is 1.63. The maximum absolute atomic E-state index is 14.0. The second kappa shape index (κ2) is 5.70. The summed E-state index contributed by atoms with van der Waals surface area (Å²) in [5.74, 6) is -0.133. The Morgan fingerprint density at radius 1 is 1.16 bits per heavy atom. The number of aromatic nitrogens is 3. The number of nitrogens with one attached hydrogen (secondary N) is 1. The molecule has 0 saturated carbocycles. The number of methoxy groups -OCH3 is 1. The van der Waals surface area contributed by atoms with Gasteiger partial charge in [0, 0.05) is 28.8 Å². The fraction of sp³-hybridized carbons (Fsp3) is 0.111. The van der Waals surface area contributed by atoms with Crippen LogP contribution in [-0.2, 0) is 0 Å². The van der Waals surface area contributed by atoms with Crippen molar-refractivity contribution in [2.75, 3.05) is 7.11 Å². The van der Waals surface area contributed by atoms with E-state index < -0.39 is 11.6 Å². The van der Waals surface area contributed by atoms with Gasteiger partial charge < -0.3 is 9.15 Å². The van der Waals surface area contributed by atoms with Crippen LogP contribution in [0.1, 0.15) is 5.76 Å². The molecular formula is C18H13F2N3O2. The molecular weight excluding hydrogens is 328 g/mol. The molecule has 0 unspecified atom stereocenters. The quantitative estimate of drug-likeness (QED) is 0.597. The maximum atomic E-state index is 14.0. The van der Waals surface area contributed by atoms with Gasteiger partial charge in [-0.2, -0.15) is 5.10 Å². The summed E-state index contributed by atoms with van der Waals surface area (Å²) >= 11 is 0. The summed E-state index contributed by atoms with van der Waals surface area (Å²) in [5, 5.41) is 7.50. The van der Waals surface area contributed by atoms with Crippen LogP contribution in [0.3, 0.4) is 0 Å². The van der Waals surface area contributed by atoms with Gasteiger partial charge in [-0.05, 0) is 31.2 Å². The summed E-state index contributed by atoms with van der Waals surface area (Å²) in [6, 6.07) is 7.46. The van der Waals surface area contributed by atoms with Gasteiger partial charge in [0.25, 0.3) is 0 Å². The molecule has 0 atom stereocenters. The first kappa shape index (κ1) is 15.3. The topological polar surface area (TPSA) is 63.9 Å². The lowest BCUT2D eigenvalue weighted by Gasteiger charge is -2.09. The zero-order valence-corrected chi connectivity index (χ0v) is 13.4. The molecule has 0 aliphatic rings. The van der Waals surface area contributed by atoms with E-state index in [1.807, 2.05) is 25.1 Å². The van der Waals surface area contributed by atoms with Crippen LogP contribution in [0.25, 0.3) is 33.6 Å². The summed E-state index contributed by atoms with van der Waals surface area (Å²) in [4.78, 5) is 4.28. The molecule has 0 saturated heterocycles. The van der Waals surface area contributed by atoms with Crippen molar-refractivity contribution in [1.29, 1.82) is 0 Å². The highest BCUT2D eigenvalue weighted by Gasteiger charge is 2.19. The molecule has 0 radical (unpaired) electrons. The zero-order valence-electron chi connectivity index (χ0n) is 13.4. The first-order valence-corrected chi connectivity index (χ1v) is 7.51. The standard InChI is InChI=1S/C18H13F2N3O2/c1-9-3-4-15(25-9)10-5-13-16(22-23-18(13)21-8-10)12-6-11(19)7-14(20)17(12)24-2/h3-8H,1-2H3,(H,21,22,23). The molecule has 0 amide bonds. The first-order valence-electron chi connectivity index (χ1n) is 7.51. The molecule has 0 aliphatic carbocycles. The van der Waals surface area contributed by atoms with Gasteiger partial charge in [0.05, 0.1) is 12.8 Å². The van der Waals surface area contributed by atoms with Crippen LogP contribution in [-0.4, -0.2) is 22.3 Å². The van der Waals surface area contributed by atoms with Crippen molar-refractivity contribution in [3.8, 4) is 28.3 Å². The number of halogens is 2. The van der Waals surface area contributed by atoms with Gasteiger partial charge in [-0.15, -0.1) is 0 Å². The lowest BCUT2D eigenvalue weighted by Crippen LogP contribution is -1.94. The highest BCUT2D eigenvalue weighted by Crippen LogP contribution is 2.36. The number of aryl methyl sites for hydroxylation is 1. The molecule has 126 valence electrons. The molecule has 5 nitrogen and oxygen atoms in total. The monoisotopic (exact) mass is 341 g/mol. The highest BCUT2D eigenvalue weighted by atomic mass is 19.1. The van der Waals surface area contributed by atoms with Crippen molar-refractivity contribution in [1.82, 2.24) is 15.2 Å². The van der Waals surface area contributed by atoms with E-state index in [0.717, 1.165) is 17.4 Å². The predicted molar refractivity (Wildman–Crippen MR) is 88.2 cm³/mol. The van der Waals surface area contributed by atoms with Crippen molar-refractivity contribution in [3.05, 3.63) is 53.9 Å². The first-order chi connectivity index (χ1) is 12.1.